The zero-order valence-electron chi connectivity index (χ0n) is 19.3. The molecule has 1 fully saturated rings. The summed E-state index contributed by atoms with van der Waals surface area (Å²) in [4.78, 5) is 35.3. The average Bonchev–Trinajstić information content (AvgIpc) is 3.63. The lowest BCUT2D eigenvalue weighted by molar-refractivity contribution is -0.122. The molecule has 11 heteroatoms. The van der Waals surface area contributed by atoms with Crippen molar-refractivity contribution in [1.29, 1.82) is 0 Å². The number of fused-ring (bicyclic) bond motifs is 1. The van der Waals surface area contributed by atoms with Crippen LogP contribution in [0.3, 0.4) is 0 Å². The van der Waals surface area contributed by atoms with Crippen molar-refractivity contribution >= 4 is 40.6 Å². The molecule has 0 spiro atoms. The van der Waals surface area contributed by atoms with Gasteiger partial charge < -0.3 is 21.6 Å². The molecule has 2 aromatic carbocycles. The first-order chi connectivity index (χ1) is 16.7. The predicted molar refractivity (Wildman–Crippen MR) is 131 cm³/mol. The van der Waals surface area contributed by atoms with Gasteiger partial charge in [0.15, 0.2) is 5.69 Å². The molecule has 1 saturated carbocycles. The molecule has 9 nitrogen and oxygen atoms in total. The summed E-state index contributed by atoms with van der Waals surface area (Å²) in [7, 11) is 1.92. The number of nitrogens with zero attached hydrogens (tertiary/aromatic N) is 3. The zero-order chi connectivity index (χ0) is 25.5. The third kappa shape index (κ3) is 6.84. The molecule has 3 aromatic rings. The van der Waals surface area contributed by atoms with Crippen molar-refractivity contribution in [1.82, 2.24) is 20.0 Å². The lowest BCUT2D eigenvalue weighted by atomic mass is 10.1. The number of likely N-dealkylation sites (N-methyl/N-ethyl adjacent to an activating group) is 1. The second-order valence-corrected chi connectivity index (χ2v) is 8.66. The average molecular weight is 503 g/mol. The molecule has 1 heterocycles. The lowest BCUT2D eigenvalue weighted by Gasteiger charge is -2.15. The maximum atomic E-state index is 13.8. The van der Waals surface area contributed by atoms with Crippen LogP contribution in [0.15, 0.2) is 36.4 Å². The van der Waals surface area contributed by atoms with Crippen molar-refractivity contribution in [2.75, 3.05) is 13.6 Å². The first-order valence-electron chi connectivity index (χ1n) is 11.1. The van der Waals surface area contributed by atoms with Crippen molar-refractivity contribution in [3.63, 3.8) is 0 Å². The largest absolute Gasteiger partial charge is 0.364 e. The fraction of sp³-hybridized carbons (Fsp3) is 0.333. The standard InChI is InChI=1S/C14H19ClFN3O.C10H9N3O2/c1-19(11-2-3-11)8-13(20)18-7-10-4-9(6-17)5-12(15)14(10)16;11-10(15)9-7-3-1-2-4-8(7)13(12-9)5-6-14/h4-5,11H,2-3,6-8,17H2,1H3,(H,18,20);1-4,6H,5H2,(H2,11,15). The molecule has 2 amide bonds. The van der Waals surface area contributed by atoms with Crippen LogP contribution < -0.4 is 16.8 Å². The number of para-hydroxylation sites is 1. The van der Waals surface area contributed by atoms with E-state index >= 15 is 0 Å². The molecule has 0 unspecified atom stereocenters. The number of nitrogens with one attached hydrogen (secondary N) is 1. The Labute approximate surface area is 207 Å². The van der Waals surface area contributed by atoms with E-state index < -0.39 is 11.7 Å². The minimum Gasteiger partial charge on any atom is -0.364 e. The van der Waals surface area contributed by atoms with E-state index in [4.69, 9.17) is 23.1 Å². The van der Waals surface area contributed by atoms with Crippen molar-refractivity contribution < 1.29 is 18.8 Å². The Bertz CT molecular complexity index is 1230. The molecule has 0 atom stereocenters. The molecule has 5 N–H and O–H groups in total. The molecule has 0 saturated heterocycles. The summed E-state index contributed by atoms with van der Waals surface area (Å²) >= 11 is 5.80. The van der Waals surface area contributed by atoms with E-state index in [1.807, 2.05) is 18.0 Å². The number of nitrogens with two attached hydrogens (primary N) is 2. The van der Waals surface area contributed by atoms with E-state index in [0.717, 1.165) is 30.2 Å². The molecule has 1 aromatic heterocycles. The van der Waals surface area contributed by atoms with Crippen LogP contribution in [0, 0.1) is 5.82 Å². The Morgan fingerprint density at radius 1 is 1.31 bits per heavy atom. The quantitative estimate of drug-likeness (QED) is 0.383. The van der Waals surface area contributed by atoms with Gasteiger partial charge in [0.2, 0.25) is 5.91 Å². The highest BCUT2D eigenvalue weighted by atomic mass is 35.5. The highest BCUT2D eigenvalue weighted by Gasteiger charge is 2.27. The fourth-order valence-electron chi connectivity index (χ4n) is 3.59. The smallest absolute Gasteiger partial charge is 0.269 e. The van der Waals surface area contributed by atoms with E-state index in [0.29, 0.717) is 23.5 Å². The van der Waals surface area contributed by atoms with Crippen LogP contribution in [0.2, 0.25) is 5.02 Å². The summed E-state index contributed by atoms with van der Waals surface area (Å²) in [6.07, 6.45) is 3.02. The van der Waals surface area contributed by atoms with Crippen LogP contribution in [-0.4, -0.2) is 52.4 Å². The maximum Gasteiger partial charge on any atom is 0.269 e. The molecule has 186 valence electrons. The first-order valence-corrected chi connectivity index (χ1v) is 11.5. The van der Waals surface area contributed by atoms with Crippen LogP contribution in [0.1, 0.15) is 34.5 Å². The number of rotatable bonds is 9. The third-order valence-corrected chi connectivity index (χ3v) is 5.85. The fourth-order valence-corrected chi connectivity index (χ4v) is 3.86. The Morgan fingerprint density at radius 3 is 2.66 bits per heavy atom. The first kappa shape index (κ1) is 26.3. The molecular formula is C24H28ClFN6O3. The van der Waals surface area contributed by atoms with E-state index in [9.17, 15) is 18.8 Å². The van der Waals surface area contributed by atoms with E-state index in [2.05, 4.69) is 10.4 Å². The second-order valence-electron chi connectivity index (χ2n) is 8.26. The Balaban J connectivity index is 0.000000203. The predicted octanol–water partition coefficient (Wildman–Crippen LogP) is 1.98. The van der Waals surface area contributed by atoms with Gasteiger partial charge in [-0.1, -0.05) is 29.8 Å². The van der Waals surface area contributed by atoms with Crippen LogP contribution in [0.25, 0.3) is 10.9 Å². The van der Waals surface area contributed by atoms with Gasteiger partial charge in [0, 0.05) is 30.1 Å². The minimum absolute atomic E-state index is 0.0345. The zero-order valence-corrected chi connectivity index (χ0v) is 20.1. The summed E-state index contributed by atoms with van der Waals surface area (Å²) in [5, 5.41) is 7.41. The van der Waals surface area contributed by atoms with Gasteiger partial charge >= 0.3 is 0 Å². The van der Waals surface area contributed by atoms with Gasteiger partial charge in [0.05, 0.1) is 23.6 Å². The van der Waals surface area contributed by atoms with Crippen LogP contribution in [-0.2, 0) is 29.2 Å². The van der Waals surface area contributed by atoms with E-state index in [1.165, 1.54) is 10.7 Å². The number of aldehydes is 1. The van der Waals surface area contributed by atoms with E-state index in [1.54, 1.807) is 24.3 Å². The van der Waals surface area contributed by atoms with Gasteiger partial charge in [-0.25, -0.2) is 4.39 Å². The number of primary amides is 1. The normalized spacial score (nSPS) is 12.8. The monoisotopic (exact) mass is 502 g/mol. The van der Waals surface area contributed by atoms with E-state index in [-0.39, 0.29) is 36.3 Å². The van der Waals surface area contributed by atoms with Crippen LogP contribution in [0.5, 0.6) is 0 Å². The third-order valence-electron chi connectivity index (χ3n) is 5.58. The molecule has 0 radical (unpaired) electrons. The highest BCUT2D eigenvalue weighted by molar-refractivity contribution is 6.30. The number of benzene rings is 2. The Morgan fingerprint density at radius 2 is 2.03 bits per heavy atom. The summed E-state index contributed by atoms with van der Waals surface area (Å²) < 4.78 is 15.3. The lowest BCUT2D eigenvalue weighted by Crippen LogP contribution is -2.36. The van der Waals surface area contributed by atoms with Gasteiger partial charge in [-0.3, -0.25) is 19.2 Å². The van der Waals surface area contributed by atoms with Crippen LogP contribution in [0.4, 0.5) is 4.39 Å². The summed E-state index contributed by atoms with van der Waals surface area (Å²) in [5.74, 6) is -1.20. The molecular weight excluding hydrogens is 475 g/mol. The number of halogens is 2. The van der Waals surface area contributed by atoms with Crippen LogP contribution >= 0.6 is 11.6 Å². The molecule has 0 aliphatic heterocycles. The van der Waals surface area contributed by atoms with Gasteiger partial charge in [-0.05, 0) is 43.7 Å². The summed E-state index contributed by atoms with van der Waals surface area (Å²) in [6.45, 7) is 0.854. The molecule has 4 rings (SSSR count). The molecule has 1 aliphatic carbocycles. The van der Waals surface area contributed by atoms with Crippen molar-refractivity contribution in [3.8, 4) is 0 Å². The maximum absolute atomic E-state index is 13.8. The summed E-state index contributed by atoms with van der Waals surface area (Å²) in [6, 6.07) is 10.8. The van der Waals surface area contributed by atoms with Gasteiger partial charge in [-0.15, -0.1) is 0 Å². The Hall–Kier alpha value is -3.34. The number of amides is 2. The number of hydrogen-bond acceptors (Lipinski definition) is 6. The molecule has 0 bridgehead atoms. The number of hydrogen-bond donors (Lipinski definition) is 3. The molecule has 35 heavy (non-hydrogen) atoms. The number of aromatic nitrogens is 2. The SMILES string of the molecule is CN(CC(=O)NCc1cc(CN)cc(Cl)c1F)C1CC1.NC(=O)c1nn(CC=O)c2ccccc12. The minimum atomic E-state index is -0.587. The van der Waals surface area contributed by atoms with Gasteiger partial charge in [0.1, 0.15) is 12.1 Å². The molecule has 1 aliphatic rings. The van der Waals surface area contributed by atoms with Gasteiger partial charge in [0.25, 0.3) is 5.91 Å². The summed E-state index contributed by atoms with van der Waals surface area (Å²) in [5.41, 5.74) is 12.8. The van der Waals surface area contributed by atoms with Crippen molar-refractivity contribution in [2.45, 2.75) is 38.5 Å². The van der Waals surface area contributed by atoms with Crippen molar-refractivity contribution in [2.24, 2.45) is 11.5 Å². The second kappa shape index (κ2) is 11.9. The number of carbonyl (C=O) groups is 3. The topological polar surface area (TPSA) is 136 Å². The highest BCUT2D eigenvalue weighted by Crippen LogP contribution is 2.25. The van der Waals surface area contributed by atoms with Gasteiger partial charge in [-0.2, -0.15) is 5.10 Å². The Kier molecular flexibility index (Phi) is 8.91. The number of carbonyl (C=O) groups excluding carboxylic acids is 3. The van der Waals surface area contributed by atoms with Crippen molar-refractivity contribution in [3.05, 3.63) is 64.1 Å².